The Morgan fingerprint density at radius 3 is 2.94 bits per heavy atom. The summed E-state index contributed by atoms with van der Waals surface area (Å²) in [5, 5.41) is 8.50. The first-order valence-electron chi connectivity index (χ1n) is 6.19. The maximum atomic E-state index is 5.99. The number of aromatic nitrogens is 2. The normalized spacial score (nSPS) is 12.6. The van der Waals surface area contributed by atoms with Gasteiger partial charge in [0, 0.05) is 35.9 Å². The Bertz CT molecular complexity index is 507. The molecule has 0 aliphatic rings. The molecule has 1 unspecified atom stereocenters. The van der Waals surface area contributed by atoms with Crippen LogP contribution in [0.2, 0.25) is 5.02 Å². The fraction of sp³-hybridized carbons (Fsp3) is 0.357. The van der Waals surface area contributed by atoms with Crippen LogP contribution in [0.3, 0.4) is 0 Å². The van der Waals surface area contributed by atoms with E-state index < -0.39 is 0 Å². The first-order valence-corrected chi connectivity index (χ1v) is 6.57. The summed E-state index contributed by atoms with van der Waals surface area (Å²) in [4.78, 5) is 0. The van der Waals surface area contributed by atoms with Gasteiger partial charge in [-0.1, -0.05) is 23.7 Å². The van der Waals surface area contributed by atoms with Gasteiger partial charge in [-0.2, -0.15) is 5.10 Å². The van der Waals surface area contributed by atoms with Crippen molar-refractivity contribution in [3.8, 4) is 0 Å². The van der Waals surface area contributed by atoms with Gasteiger partial charge in [0.1, 0.15) is 0 Å². The van der Waals surface area contributed by atoms with E-state index in [1.54, 1.807) is 0 Å². The van der Waals surface area contributed by atoms with Crippen LogP contribution in [0, 0.1) is 0 Å². The highest BCUT2D eigenvalue weighted by Gasteiger charge is 2.06. The van der Waals surface area contributed by atoms with Crippen molar-refractivity contribution >= 4 is 11.6 Å². The van der Waals surface area contributed by atoms with Gasteiger partial charge in [0.25, 0.3) is 0 Å². The van der Waals surface area contributed by atoms with Crippen molar-refractivity contribution in [1.82, 2.24) is 15.1 Å². The minimum atomic E-state index is 0.272. The third-order valence-corrected chi connectivity index (χ3v) is 3.21. The van der Waals surface area contributed by atoms with Gasteiger partial charge < -0.3 is 5.32 Å². The molecule has 0 saturated heterocycles. The molecule has 3 nitrogen and oxygen atoms in total. The molecule has 0 fully saturated rings. The number of hydrogen-bond acceptors (Lipinski definition) is 2. The first kappa shape index (κ1) is 13.1. The van der Waals surface area contributed by atoms with Crippen molar-refractivity contribution in [2.75, 3.05) is 0 Å². The Labute approximate surface area is 113 Å². The number of nitrogens with zero attached hydrogens (tertiary/aromatic N) is 2. The summed E-state index contributed by atoms with van der Waals surface area (Å²) >= 11 is 5.99. The number of nitrogens with one attached hydrogen (secondary N) is 1. The molecule has 1 heterocycles. The molecule has 96 valence electrons. The zero-order valence-electron chi connectivity index (χ0n) is 10.7. The molecule has 4 heteroatoms. The van der Waals surface area contributed by atoms with E-state index in [9.17, 15) is 0 Å². The van der Waals surface area contributed by atoms with Crippen molar-refractivity contribution in [1.29, 1.82) is 0 Å². The molecule has 1 N–H and O–H groups in total. The molecule has 0 bridgehead atoms. The predicted molar refractivity (Wildman–Crippen MR) is 74.6 cm³/mol. The molecule has 2 rings (SSSR count). The largest absolute Gasteiger partial charge is 0.306 e. The molecule has 18 heavy (non-hydrogen) atoms. The zero-order chi connectivity index (χ0) is 13.0. The van der Waals surface area contributed by atoms with Crippen LogP contribution < -0.4 is 5.32 Å². The summed E-state index contributed by atoms with van der Waals surface area (Å²) < 4.78 is 1.93. The minimum absolute atomic E-state index is 0.272. The van der Waals surface area contributed by atoms with Crippen LogP contribution in [0.15, 0.2) is 36.7 Å². The molecule has 1 aromatic heterocycles. The summed E-state index contributed by atoms with van der Waals surface area (Å²) in [7, 11) is 0. The van der Waals surface area contributed by atoms with E-state index in [1.807, 2.05) is 29.1 Å². The van der Waals surface area contributed by atoms with Gasteiger partial charge in [-0.15, -0.1) is 0 Å². The number of benzene rings is 1. The van der Waals surface area contributed by atoms with E-state index in [4.69, 9.17) is 11.6 Å². The predicted octanol–water partition coefficient (Wildman–Crippen LogP) is 3.41. The van der Waals surface area contributed by atoms with E-state index in [0.717, 1.165) is 18.1 Å². The molecule has 0 aliphatic carbocycles. The van der Waals surface area contributed by atoms with Crippen molar-refractivity contribution in [3.05, 3.63) is 52.8 Å². The third-order valence-electron chi connectivity index (χ3n) is 2.97. The lowest BCUT2D eigenvalue weighted by molar-refractivity contribution is 0.574. The van der Waals surface area contributed by atoms with E-state index >= 15 is 0 Å². The Balaban J connectivity index is 1.93. The van der Waals surface area contributed by atoms with Crippen LogP contribution in [0.4, 0.5) is 0 Å². The van der Waals surface area contributed by atoms with Crippen LogP contribution in [-0.2, 0) is 13.1 Å². The smallest absolute Gasteiger partial charge is 0.0534 e. The number of rotatable bonds is 5. The molecule has 0 aliphatic heterocycles. The van der Waals surface area contributed by atoms with Crippen LogP contribution in [0.25, 0.3) is 0 Å². The SMILES string of the molecule is CCn1cc(CNC(C)c2cccc(Cl)c2)cn1. The van der Waals surface area contributed by atoms with Gasteiger partial charge >= 0.3 is 0 Å². The van der Waals surface area contributed by atoms with Gasteiger partial charge in [0.15, 0.2) is 0 Å². The minimum Gasteiger partial charge on any atom is -0.306 e. The second-order valence-electron chi connectivity index (χ2n) is 4.36. The lowest BCUT2D eigenvalue weighted by atomic mass is 10.1. The molecule has 2 aromatic rings. The number of hydrogen-bond donors (Lipinski definition) is 1. The lowest BCUT2D eigenvalue weighted by Crippen LogP contribution is -2.17. The summed E-state index contributed by atoms with van der Waals surface area (Å²) in [6, 6.07) is 8.22. The monoisotopic (exact) mass is 263 g/mol. The highest BCUT2D eigenvalue weighted by atomic mass is 35.5. The van der Waals surface area contributed by atoms with Crippen LogP contribution >= 0.6 is 11.6 Å². The molecule has 1 aromatic carbocycles. The number of halogens is 1. The van der Waals surface area contributed by atoms with Crippen LogP contribution in [-0.4, -0.2) is 9.78 Å². The molecule has 0 radical (unpaired) electrons. The fourth-order valence-corrected chi connectivity index (χ4v) is 2.03. The highest BCUT2D eigenvalue weighted by Crippen LogP contribution is 2.17. The van der Waals surface area contributed by atoms with Gasteiger partial charge in [0.05, 0.1) is 6.20 Å². The Kier molecular flexibility index (Phi) is 4.39. The topological polar surface area (TPSA) is 29.9 Å². The fourth-order valence-electron chi connectivity index (χ4n) is 1.84. The van der Waals surface area contributed by atoms with Crippen molar-refractivity contribution in [3.63, 3.8) is 0 Å². The first-order chi connectivity index (χ1) is 8.69. The maximum absolute atomic E-state index is 5.99. The Hall–Kier alpha value is -1.32. The quantitative estimate of drug-likeness (QED) is 0.896. The molecular formula is C14H18ClN3. The molecular weight excluding hydrogens is 246 g/mol. The summed E-state index contributed by atoms with van der Waals surface area (Å²) in [5.41, 5.74) is 2.40. The summed E-state index contributed by atoms with van der Waals surface area (Å²) in [6.07, 6.45) is 3.97. The maximum Gasteiger partial charge on any atom is 0.0534 e. The highest BCUT2D eigenvalue weighted by molar-refractivity contribution is 6.30. The van der Waals surface area contributed by atoms with Crippen molar-refractivity contribution in [2.45, 2.75) is 33.0 Å². The van der Waals surface area contributed by atoms with E-state index in [0.29, 0.717) is 0 Å². The molecule has 0 amide bonds. The summed E-state index contributed by atoms with van der Waals surface area (Å²) in [5.74, 6) is 0. The van der Waals surface area contributed by atoms with E-state index in [1.165, 1.54) is 11.1 Å². The second-order valence-corrected chi connectivity index (χ2v) is 4.80. The average Bonchev–Trinajstić information content (AvgIpc) is 2.84. The van der Waals surface area contributed by atoms with Gasteiger partial charge in [-0.25, -0.2) is 0 Å². The van der Waals surface area contributed by atoms with Gasteiger partial charge in [-0.05, 0) is 31.5 Å². The molecule has 0 saturated carbocycles. The second kappa shape index (κ2) is 6.03. The van der Waals surface area contributed by atoms with Crippen LogP contribution in [0.5, 0.6) is 0 Å². The summed E-state index contributed by atoms with van der Waals surface area (Å²) in [6.45, 7) is 5.94. The van der Waals surface area contributed by atoms with E-state index in [-0.39, 0.29) is 6.04 Å². The number of aryl methyl sites for hydroxylation is 1. The van der Waals surface area contributed by atoms with E-state index in [2.05, 4.69) is 36.5 Å². The standard InChI is InChI=1S/C14H18ClN3/c1-3-18-10-12(9-17-18)8-16-11(2)13-5-4-6-14(15)7-13/h4-7,9-11,16H,3,8H2,1-2H3. The lowest BCUT2D eigenvalue weighted by Gasteiger charge is -2.13. The molecule has 0 spiro atoms. The van der Waals surface area contributed by atoms with Crippen LogP contribution in [0.1, 0.15) is 31.0 Å². The Morgan fingerprint density at radius 1 is 1.44 bits per heavy atom. The zero-order valence-corrected chi connectivity index (χ0v) is 11.5. The van der Waals surface area contributed by atoms with Crippen molar-refractivity contribution < 1.29 is 0 Å². The van der Waals surface area contributed by atoms with Gasteiger partial charge in [0.2, 0.25) is 0 Å². The van der Waals surface area contributed by atoms with Crippen molar-refractivity contribution in [2.24, 2.45) is 0 Å². The average molecular weight is 264 g/mol. The third kappa shape index (κ3) is 3.34. The Morgan fingerprint density at radius 2 is 2.28 bits per heavy atom. The van der Waals surface area contributed by atoms with Gasteiger partial charge in [-0.3, -0.25) is 4.68 Å². The molecule has 1 atom stereocenters.